The molecule has 1 fully saturated rings. The maximum atomic E-state index is 5.35. The van der Waals surface area contributed by atoms with Gasteiger partial charge in [-0.05, 0) is 38.8 Å². The summed E-state index contributed by atoms with van der Waals surface area (Å²) in [4.78, 5) is 2.56. The van der Waals surface area contributed by atoms with E-state index in [1.807, 2.05) is 0 Å². The molecule has 1 aliphatic rings. The van der Waals surface area contributed by atoms with Crippen LogP contribution in [0.25, 0.3) is 0 Å². The molecule has 0 aromatic heterocycles. The quantitative estimate of drug-likeness (QED) is 0.686. The zero-order valence-electron chi connectivity index (χ0n) is 11.0. The van der Waals surface area contributed by atoms with E-state index in [1.54, 1.807) is 0 Å². The highest BCUT2D eigenvalue weighted by molar-refractivity contribution is 4.71. The van der Waals surface area contributed by atoms with Crippen LogP contribution in [0.15, 0.2) is 0 Å². The Morgan fingerprint density at radius 1 is 1.06 bits per heavy atom. The van der Waals surface area contributed by atoms with Crippen molar-refractivity contribution in [3.63, 3.8) is 0 Å². The minimum Gasteiger partial charge on any atom is -0.381 e. The third-order valence-corrected chi connectivity index (χ3v) is 3.16. The molecule has 0 spiro atoms. The predicted molar refractivity (Wildman–Crippen MR) is 68.9 cm³/mol. The standard InChI is InChI=1S/C13H28N2O/c1-3-8-15(9-4-2)10-7-14-13-5-11-16-12-6-13/h13-14H,3-12H2,1-2H3. The summed E-state index contributed by atoms with van der Waals surface area (Å²) >= 11 is 0. The largest absolute Gasteiger partial charge is 0.381 e. The number of rotatable bonds is 8. The molecule has 16 heavy (non-hydrogen) atoms. The molecule has 3 nitrogen and oxygen atoms in total. The van der Waals surface area contributed by atoms with Crippen molar-refractivity contribution in [3.05, 3.63) is 0 Å². The molecule has 0 saturated carbocycles. The van der Waals surface area contributed by atoms with Crippen molar-refractivity contribution in [2.75, 3.05) is 39.4 Å². The van der Waals surface area contributed by atoms with E-state index >= 15 is 0 Å². The van der Waals surface area contributed by atoms with Crippen molar-refractivity contribution in [2.24, 2.45) is 0 Å². The third kappa shape index (κ3) is 5.83. The molecule has 0 amide bonds. The maximum Gasteiger partial charge on any atom is 0.0480 e. The van der Waals surface area contributed by atoms with Gasteiger partial charge in [-0.3, -0.25) is 0 Å². The number of nitrogens with one attached hydrogen (secondary N) is 1. The molecule has 0 aliphatic carbocycles. The van der Waals surface area contributed by atoms with Gasteiger partial charge in [-0.25, -0.2) is 0 Å². The van der Waals surface area contributed by atoms with Crippen molar-refractivity contribution in [3.8, 4) is 0 Å². The Morgan fingerprint density at radius 2 is 1.69 bits per heavy atom. The number of hydrogen-bond acceptors (Lipinski definition) is 3. The molecule has 0 aromatic carbocycles. The van der Waals surface area contributed by atoms with Gasteiger partial charge < -0.3 is 15.0 Å². The fraction of sp³-hybridized carbons (Fsp3) is 1.00. The Morgan fingerprint density at radius 3 is 2.25 bits per heavy atom. The predicted octanol–water partition coefficient (Wildman–Crippen LogP) is 1.88. The van der Waals surface area contributed by atoms with Crippen LogP contribution in [0.3, 0.4) is 0 Å². The molecular weight excluding hydrogens is 200 g/mol. The van der Waals surface area contributed by atoms with Gasteiger partial charge in [0.15, 0.2) is 0 Å². The maximum absolute atomic E-state index is 5.35. The average Bonchev–Trinajstić information content (AvgIpc) is 2.31. The molecule has 1 N–H and O–H groups in total. The molecule has 3 heteroatoms. The van der Waals surface area contributed by atoms with Crippen LogP contribution >= 0.6 is 0 Å². The summed E-state index contributed by atoms with van der Waals surface area (Å²) in [6, 6.07) is 0.693. The van der Waals surface area contributed by atoms with Gasteiger partial charge in [-0.15, -0.1) is 0 Å². The van der Waals surface area contributed by atoms with Gasteiger partial charge >= 0.3 is 0 Å². The fourth-order valence-corrected chi connectivity index (χ4v) is 2.30. The van der Waals surface area contributed by atoms with E-state index in [1.165, 1.54) is 45.3 Å². The molecular formula is C13H28N2O. The van der Waals surface area contributed by atoms with Crippen LogP contribution in [0.1, 0.15) is 39.5 Å². The van der Waals surface area contributed by atoms with Crippen LogP contribution in [-0.4, -0.2) is 50.3 Å². The lowest BCUT2D eigenvalue weighted by Gasteiger charge is -2.26. The lowest BCUT2D eigenvalue weighted by atomic mass is 10.1. The molecule has 0 aromatic rings. The Kier molecular flexibility index (Phi) is 7.81. The van der Waals surface area contributed by atoms with Gasteiger partial charge in [0, 0.05) is 32.3 Å². The fourth-order valence-electron chi connectivity index (χ4n) is 2.30. The van der Waals surface area contributed by atoms with E-state index in [0.29, 0.717) is 6.04 Å². The van der Waals surface area contributed by atoms with Crippen LogP contribution in [0.5, 0.6) is 0 Å². The molecule has 1 rings (SSSR count). The summed E-state index contributed by atoms with van der Waals surface area (Å²) in [6.07, 6.45) is 4.89. The Labute approximate surface area is 101 Å². The summed E-state index contributed by atoms with van der Waals surface area (Å²) in [5.74, 6) is 0. The van der Waals surface area contributed by atoms with E-state index < -0.39 is 0 Å². The van der Waals surface area contributed by atoms with E-state index in [9.17, 15) is 0 Å². The Hall–Kier alpha value is -0.120. The summed E-state index contributed by atoms with van der Waals surface area (Å²) in [5, 5.41) is 3.65. The van der Waals surface area contributed by atoms with Crippen LogP contribution in [-0.2, 0) is 4.74 Å². The Bertz CT molecular complexity index is 152. The zero-order valence-corrected chi connectivity index (χ0v) is 11.0. The second kappa shape index (κ2) is 8.97. The number of nitrogens with zero attached hydrogens (tertiary/aromatic N) is 1. The van der Waals surface area contributed by atoms with Gasteiger partial charge in [0.25, 0.3) is 0 Å². The minimum atomic E-state index is 0.693. The monoisotopic (exact) mass is 228 g/mol. The highest BCUT2D eigenvalue weighted by Gasteiger charge is 2.12. The van der Waals surface area contributed by atoms with Gasteiger partial charge in [-0.2, -0.15) is 0 Å². The summed E-state index contributed by atoms with van der Waals surface area (Å²) in [5.41, 5.74) is 0. The summed E-state index contributed by atoms with van der Waals surface area (Å²) in [6.45, 7) is 11.2. The number of ether oxygens (including phenoxy) is 1. The molecule has 1 heterocycles. The second-order valence-corrected chi connectivity index (χ2v) is 4.68. The van der Waals surface area contributed by atoms with Crippen molar-refractivity contribution < 1.29 is 4.74 Å². The SMILES string of the molecule is CCCN(CCC)CCNC1CCOCC1. The van der Waals surface area contributed by atoms with Gasteiger partial charge in [0.2, 0.25) is 0 Å². The van der Waals surface area contributed by atoms with Crippen molar-refractivity contribution >= 4 is 0 Å². The molecule has 1 aliphatic heterocycles. The van der Waals surface area contributed by atoms with Crippen LogP contribution in [0.2, 0.25) is 0 Å². The summed E-state index contributed by atoms with van der Waals surface area (Å²) < 4.78 is 5.35. The lowest BCUT2D eigenvalue weighted by Crippen LogP contribution is -2.40. The van der Waals surface area contributed by atoms with E-state index in [0.717, 1.165) is 19.8 Å². The first-order chi connectivity index (χ1) is 7.86. The van der Waals surface area contributed by atoms with E-state index in [4.69, 9.17) is 4.74 Å². The minimum absolute atomic E-state index is 0.693. The summed E-state index contributed by atoms with van der Waals surface area (Å²) in [7, 11) is 0. The molecule has 0 bridgehead atoms. The second-order valence-electron chi connectivity index (χ2n) is 4.68. The van der Waals surface area contributed by atoms with Crippen LogP contribution in [0.4, 0.5) is 0 Å². The highest BCUT2D eigenvalue weighted by atomic mass is 16.5. The van der Waals surface area contributed by atoms with Crippen molar-refractivity contribution in [2.45, 2.75) is 45.6 Å². The Balaban J connectivity index is 2.06. The first-order valence-electron chi connectivity index (χ1n) is 6.90. The van der Waals surface area contributed by atoms with Crippen LogP contribution in [0, 0.1) is 0 Å². The topological polar surface area (TPSA) is 24.5 Å². The molecule has 0 unspecified atom stereocenters. The molecule has 1 saturated heterocycles. The normalized spacial score (nSPS) is 18.2. The van der Waals surface area contributed by atoms with Gasteiger partial charge in [0.1, 0.15) is 0 Å². The van der Waals surface area contributed by atoms with Gasteiger partial charge in [-0.1, -0.05) is 13.8 Å². The molecule has 0 atom stereocenters. The zero-order chi connectivity index (χ0) is 11.6. The van der Waals surface area contributed by atoms with Crippen LogP contribution < -0.4 is 5.32 Å². The van der Waals surface area contributed by atoms with E-state index in [-0.39, 0.29) is 0 Å². The van der Waals surface area contributed by atoms with Gasteiger partial charge in [0.05, 0.1) is 0 Å². The lowest BCUT2D eigenvalue weighted by molar-refractivity contribution is 0.0772. The van der Waals surface area contributed by atoms with Crippen molar-refractivity contribution in [1.29, 1.82) is 0 Å². The first-order valence-corrected chi connectivity index (χ1v) is 6.90. The number of hydrogen-bond donors (Lipinski definition) is 1. The third-order valence-electron chi connectivity index (χ3n) is 3.16. The smallest absolute Gasteiger partial charge is 0.0480 e. The highest BCUT2D eigenvalue weighted by Crippen LogP contribution is 2.05. The first kappa shape index (κ1) is 13.9. The van der Waals surface area contributed by atoms with E-state index in [2.05, 4.69) is 24.1 Å². The average molecular weight is 228 g/mol. The molecule has 96 valence electrons. The van der Waals surface area contributed by atoms with Crippen molar-refractivity contribution in [1.82, 2.24) is 10.2 Å². The molecule has 0 radical (unpaired) electrons.